The number of carboxylic acids is 1. The minimum absolute atomic E-state index is 0.0613. The zero-order valence-corrected chi connectivity index (χ0v) is 5.67. The molecule has 0 rings (SSSR count). The molecule has 64 valence electrons. The van der Waals surface area contributed by atoms with Crippen LogP contribution in [0.25, 0.3) is 0 Å². The third-order valence-corrected chi connectivity index (χ3v) is 0.794. The number of carbonyl (C=O) groups is 2. The topological polar surface area (TPSA) is 75.6 Å². The summed E-state index contributed by atoms with van der Waals surface area (Å²) in [6, 6.07) is 0. The fraction of sp³-hybridized carbons (Fsp3) is 0.600. The van der Waals surface area contributed by atoms with Crippen LogP contribution in [0.15, 0.2) is 0 Å². The van der Waals surface area contributed by atoms with Crippen LogP contribution in [0.4, 0.5) is 9.18 Å². The number of rotatable bonds is 4. The van der Waals surface area contributed by atoms with Gasteiger partial charge in [0.05, 0.1) is 6.42 Å². The summed E-state index contributed by atoms with van der Waals surface area (Å²) >= 11 is 0. The maximum atomic E-state index is 11.2. The number of ether oxygens (including phenoxy) is 1. The Morgan fingerprint density at radius 2 is 2.18 bits per heavy atom. The number of aliphatic carboxylic acids is 1. The van der Waals surface area contributed by atoms with Gasteiger partial charge >= 0.3 is 12.1 Å². The Bertz CT molecular complexity index is 149. The van der Waals surface area contributed by atoms with Gasteiger partial charge < -0.3 is 15.2 Å². The SMILES string of the molecule is O=C(O)CCNC(=O)OCF. The van der Waals surface area contributed by atoms with E-state index in [1.165, 1.54) is 0 Å². The zero-order chi connectivity index (χ0) is 8.69. The lowest BCUT2D eigenvalue weighted by atomic mass is 10.4. The molecule has 0 heterocycles. The highest BCUT2D eigenvalue weighted by atomic mass is 19.1. The van der Waals surface area contributed by atoms with Crippen molar-refractivity contribution in [3.8, 4) is 0 Å². The minimum atomic E-state index is -1.21. The standard InChI is InChI=1S/C5H8FNO4/c6-3-11-5(10)7-2-1-4(8)9/h1-3H2,(H,7,10)(H,8,9). The van der Waals surface area contributed by atoms with Crippen LogP contribution in [0.1, 0.15) is 6.42 Å². The van der Waals surface area contributed by atoms with Crippen molar-refractivity contribution in [1.29, 1.82) is 0 Å². The molecule has 0 aliphatic heterocycles. The molecule has 0 saturated heterocycles. The summed E-state index contributed by atoms with van der Waals surface area (Å²) in [4.78, 5) is 20.1. The van der Waals surface area contributed by atoms with Gasteiger partial charge in [-0.15, -0.1) is 0 Å². The fourth-order valence-electron chi connectivity index (χ4n) is 0.372. The summed E-state index contributed by atoms with van der Waals surface area (Å²) in [7, 11) is 0. The molecular formula is C5H8FNO4. The molecule has 5 nitrogen and oxygen atoms in total. The van der Waals surface area contributed by atoms with E-state index in [9.17, 15) is 14.0 Å². The summed E-state index contributed by atoms with van der Waals surface area (Å²) in [6.07, 6.45) is -1.16. The molecule has 0 aromatic carbocycles. The highest BCUT2D eigenvalue weighted by Crippen LogP contribution is 1.79. The van der Waals surface area contributed by atoms with E-state index in [1.807, 2.05) is 5.32 Å². The van der Waals surface area contributed by atoms with Crippen molar-refractivity contribution < 1.29 is 23.8 Å². The second-order valence-corrected chi connectivity index (χ2v) is 1.61. The largest absolute Gasteiger partial charge is 0.481 e. The van der Waals surface area contributed by atoms with Crippen molar-refractivity contribution in [2.24, 2.45) is 0 Å². The molecular weight excluding hydrogens is 157 g/mol. The van der Waals surface area contributed by atoms with E-state index in [4.69, 9.17) is 5.11 Å². The van der Waals surface area contributed by atoms with E-state index in [0.29, 0.717) is 0 Å². The predicted molar refractivity (Wildman–Crippen MR) is 32.7 cm³/mol. The molecule has 0 unspecified atom stereocenters. The lowest BCUT2D eigenvalue weighted by Crippen LogP contribution is -2.26. The van der Waals surface area contributed by atoms with Crippen molar-refractivity contribution in [2.75, 3.05) is 13.4 Å². The van der Waals surface area contributed by atoms with Crippen LogP contribution in [-0.4, -0.2) is 30.6 Å². The first-order chi connectivity index (χ1) is 5.16. The summed E-state index contributed by atoms with van der Waals surface area (Å²) < 4.78 is 15.0. The smallest absolute Gasteiger partial charge is 0.409 e. The molecule has 0 saturated carbocycles. The molecule has 6 heteroatoms. The van der Waals surface area contributed by atoms with Gasteiger partial charge in [0, 0.05) is 6.54 Å². The van der Waals surface area contributed by atoms with Gasteiger partial charge in [-0.05, 0) is 0 Å². The minimum Gasteiger partial charge on any atom is -0.481 e. The Hall–Kier alpha value is -1.33. The van der Waals surface area contributed by atoms with Gasteiger partial charge in [0.2, 0.25) is 6.86 Å². The van der Waals surface area contributed by atoms with Gasteiger partial charge in [-0.25, -0.2) is 9.18 Å². The molecule has 11 heavy (non-hydrogen) atoms. The highest BCUT2D eigenvalue weighted by molar-refractivity contribution is 5.70. The summed E-state index contributed by atoms with van der Waals surface area (Å²) in [5, 5.41) is 10.1. The summed E-state index contributed by atoms with van der Waals surface area (Å²) in [5.74, 6) is -1.04. The molecule has 1 amide bonds. The molecule has 0 spiro atoms. The number of alkyl halides is 1. The molecule has 0 aromatic heterocycles. The fourth-order valence-corrected chi connectivity index (χ4v) is 0.372. The molecule has 0 atom stereocenters. The van der Waals surface area contributed by atoms with E-state index in [2.05, 4.69) is 4.74 Å². The second-order valence-electron chi connectivity index (χ2n) is 1.61. The third-order valence-electron chi connectivity index (χ3n) is 0.794. The summed E-state index contributed by atoms with van der Waals surface area (Å²) in [5.41, 5.74) is 0. The average Bonchev–Trinajstić information content (AvgIpc) is 1.87. The van der Waals surface area contributed by atoms with Crippen LogP contribution < -0.4 is 5.32 Å². The highest BCUT2D eigenvalue weighted by Gasteiger charge is 2.01. The molecule has 0 aromatic rings. The number of halogens is 1. The van der Waals surface area contributed by atoms with Gasteiger partial charge in [-0.1, -0.05) is 0 Å². The van der Waals surface area contributed by atoms with E-state index in [1.54, 1.807) is 0 Å². The van der Waals surface area contributed by atoms with Gasteiger partial charge in [-0.3, -0.25) is 4.79 Å². The molecule has 2 N–H and O–H groups in total. The molecule has 0 aliphatic carbocycles. The molecule has 0 fully saturated rings. The Morgan fingerprint density at radius 1 is 1.55 bits per heavy atom. The number of hydrogen-bond acceptors (Lipinski definition) is 3. The maximum absolute atomic E-state index is 11.2. The first-order valence-electron chi connectivity index (χ1n) is 2.85. The van der Waals surface area contributed by atoms with Gasteiger partial charge in [-0.2, -0.15) is 0 Å². The van der Waals surface area contributed by atoms with Gasteiger partial charge in [0.15, 0.2) is 0 Å². The number of hydrogen-bond donors (Lipinski definition) is 2. The first kappa shape index (κ1) is 9.67. The Labute approximate surface area is 62.1 Å². The van der Waals surface area contributed by atoms with Gasteiger partial charge in [0.25, 0.3) is 0 Å². The van der Waals surface area contributed by atoms with Crippen molar-refractivity contribution in [2.45, 2.75) is 6.42 Å². The predicted octanol–water partition coefficient (Wildman–Crippen LogP) is 0.114. The van der Waals surface area contributed by atoms with E-state index in [0.717, 1.165) is 0 Å². The van der Waals surface area contributed by atoms with Crippen LogP contribution in [0.5, 0.6) is 0 Å². The van der Waals surface area contributed by atoms with Gasteiger partial charge in [0.1, 0.15) is 0 Å². The average molecular weight is 165 g/mol. The van der Waals surface area contributed by atoms with Crippen LogP contribution >= 0.6 is 0 Å². The van der Waals surface area contributed by atoms with Crippen molar-refractivity contribution in [3.05, 3.63) is 0 Å². The molecule has 0 radical (unpaired) electrons. The number of carbonyl (C=O) groups excluding carboxylic acids is 1. The van der Waals surface area contributed by atoms with E-state index in [-0.39, 0.29) is 13.0 Å². The van der Waals surface area contributed by atoms with Crippen LogP contribution in [-0.2, 0) is 9.53 Å². The van der Waals surface area contributed by atoms with E-state index < -0.39 is 18.9 Å². The van der Waals surface area contributed by atoms with Crippen LogP contribution in [0.2, 0.25) is 0 Å². The Kier molecular flexibility index (Phi) is 4.80. The summed E-state index contributed by atoms with van der Waals surface area (Å²) in [6.45, 7) is -1.27. The lowest BCUT2D eigenvalue weighted by Gasteiger charge is -2.00. The Balaban J connectivity index is 3.24. The normalized spacial score (nSPS) is 8.82. The van der Waals surface area contributed by atoms with E-state index >= 15 is 0 Å². The van der Waals surface area contributed by atoms with Crippen LogP contribution in [0.3, 0.4) is 0 Å². The third kappa shape index (κ3) is 6.56. The molecule has 0 aliphatic rings. The zero-order valence-electron chi connectivity index (χ0n) is 5.67. The van der Waals surface area contributed by atoms with Crippen molar-refractivity contribution in [3.63, 3.8) is 0 Å². The number of carboxylic acid groups (broad SMARTS) is 1. The van der Waals surface area contributed by atoms with Crippen molar-refractivity contribution >= 4 is 12.1 Å². The Morgan fingerprint density at radius 3 is 2.64 bits per heavy atom. The number of alkyl carbamates (subject to hydrolysis) is 1. The quantitative estimate of drug-likeness (QED) is 0.620. The number of nitrogens with one attached hydrogen (secondary N) is 1. The maximum Gasteiger partial charge on any atom is 0.409 e. The lowest BCUT2D eigenvalue weighted by molar-refractivity contribution is -0.136. The van der Waals surface area contributed by atoms with Crippen molar-refractivity contribution in [1.82, 2.24) is 5.32 Å². The number of amides is 1. The first-order valence-corrected chi connectivity index (χ1v) is 2.85. The molecule has 0 bridgehead atoms. The second kappa shape index (κ2) is 5.45. The monoisotopic (exact) mass is 165 g/mol. The van der Waals surface area contributed by atoms with Crippen LogP contribution in [0, 0.1) is 0 Å².